The summed E-state index contributed by atoms with van der Waals surface area (Å²) in [5.74, 6) is 0. The summed E-state index contributed by atoms with van der Waals surface area (Å²) in [7, 11) is 0. The number of hydrogen-bond donors (Lipinski definition) is 1. The van der Waals surface area contributed by atoms with E-state index in [4.69, 9.17) is 4.74 Å². The first-order valence-electron chi connectivity index (χ1n) is 7.46. The number of nitrogens with one attached hydrogen (secondary N) is 1. The van der Waals surface area contributed by atoms with Crippen LogP contribution in [0, 0.1) is 0 Å². The molecule has 0 aromatic heterocycles. The third kappa shape index (κ3) is 4.03. The molecule has 0 fully saturated rings. The number of rotatable bonds is 7. The number of likely N-dealkylation sites (N-methyl/N-ethyl adjacent to an activating group) is 1. The normalized spacial score (nSPS) is 18.6. The minimum absolute atomic E-state index is 0.352. The highest BCUT2D eigenvalue weighted by Gasteiger charge is 2.19. The van der Waals surface area contributed by atoms with Gasteiger partial charge in [-0.3, -0.25) is 0 Å². The molecule has 1 aliphatic heterocycles. The maximum Gasteiger partial charge on any atom is 0.0721 e. The molecule has 0 saturated carbocycles. The molecule has 3 nitrogen and oxygen atoms in total. The quantitative estimate of drug-likeness (QED) is 0.817. The average Bonchev–Trinajstić information content (AvgIpc) is 2.46. The molecule has 0 spiro atoms. The fourth-order valence-corrected chi connectivity index (χ4v) is 2.69. The zero-order valence-corrected chi connectivity index (χ0v) is 12.2. The van der Waals surface area contributed by atoms with E-state index in [2.05, 4.69) is 48.3 Å². The molecule has 1 aromatic rings. The van der Waals surface area contributed by atoms with Gasteiger partial charge in [0.2, 0.25) is 0 Å². The number of benzene rings is 1. The third-order valence-electron chi connectivity index (χ3n) is 3.78. The summed E-state index contributed by atoms with van der Waals surface area (Å²) in [6.07, 6.45) is 1.23. The Morgan fingerprint density at radius 3 is 2.89 bits per heavy atom. The van der Waals surface area contributed by atoms with Crippen LogP contribution in [-0.4, -0.2) is 37.7 Å². The fourth-order valence-electron chi connectivity index (χ4n) is 2.69. The van der Waals surface area contributed by atoms with Crippen molar-refractivity contribution in [1.29, 1.82) is 0 Å². The lowest BCUT2D eigenvalue weighted by molar-refractivity contribution is 0.0812. The van der Waals surface area contributed by atoms with Crippen molar-refractivity contribution in [3.05, 3.63) is 35.4 Å². The van der Waals surface area contributed by atoms with Gasteiger partial charge in [-0.05, 0) is 30.6 Å². The molecule has 0 amide bonds. The van der Waals surface area contributed by atoms with Gasteiger partial charge < -0.3 is 15.0 Å². The number of ether oxygens (including phenoxy) is 1. The van der Waals surface area contributed by atoms with E-state index < -0.39 is 0 Å². The topological polar surface area (TPSA) is 24.5 Å². The Balaban J connectivity index is 1.84. The molecule has 0 bridgehead atoms. The molecule has 106 valence electrons. The van der Waals surface area contributed by atoms with Crippen LogP contribution in [0.15, 0.2) is 24.3 Å². The van der Waals surface area contributed by atoms with E-state index in [-0.39, 0.29) is 0 Å². The Morgan fingerprint density at radius 2 is 2.11 bits per heavy atom. The van der Waals surface area contributed by atoms with Crippen molar-refractivity contribution in [1.82, 2.24) is 10.2 Å². The molecule has 0 radical (unpaired) electrons. The van der Waals surface area contributed by atoms with Crippen LogP contribution >= 0.6 is 0 Å². The summed E-state index contributed by atoms with van der Waals surface area (Å²) < 4.78 is 5.66. The van der Waals surface area contributed by atoms with Gasteiger partial charge in [-0.2, -0.15) is 0 Å². The SMILES string of the molecule is CCCN(CC)CCNC1COCc2ccccc21. The van der Waals surface area contributed by atoms with E-state index in [0.29, 0.717) is 6.04 Å². The maximum atomic E-state index is 5.66. The van der Waals surface area contributed by atoms with Gasteiger partial charge in [0.15, 0.2) is 0 Å². The minimum atomic E-state index is 0.352. The lowest BCUT2D eigenvalue weighted by Gasteiger charge is -2.28. The molecule has 19 heavy (non-hydrogen) atoms. The molecular formula is C16H26N2O. The van der Waals surface area contributed by atoms with E-state index in [9.17, 15) is 0 Å². The van der Waals surface area contributed by atoms with Crippen LogP contribution in [0.25, 0.3) is 0 Å². The van der Waals surface area contributed by atoms with E-state index in [0.717, 1.165) is 32.8 Å². The van der Waals surface area contributed by atoms with Crippen LogP contribution in [0.2, 0.25) is 0 Å². The predicted molar refractivity (Wildman–Crippen MR) is 79.2 cm³/mol. The number of nitrogens with zero attached hydrogens (tertiary/aromatic N) is 1. The number of hydrogen-bond acceptors (Lipinski definition) is 3. The zero-order valence-electron chi connectivity index (χ0n) is 12.2. The Hall–Kier alpha value is -0.900. The summed E-state index contributed by atoms with van der Waals surface area (Å²) in [6.45, 7) is 10.5. The van der Waals surface area contributed by atoms with Crippen LogP contribution in [0.3, 0.4) is 0 Å². The fraction of sp³-hybridized carbons (Fsp3) is 0.625. The van der Waals surface area contributed by atoms with Crippen molar-refractivity contribution < 1.29 is 4.74 Å². The van der Waals surface area contributed by atoms with Gasteiger partial charge in [0.05, 0.1) is 19.3 Å². The van der Waals surface area contributed by atoms with E-state index in [1.54, 1.807) is 0 Å². The standard InChI is InChI=1S/C16H26N2O/c1-3-10-18(4-2)11-9-17-16-13-19-12-14-7-5-6-8-15(14)16/h5-8,16-17H,3-4,9-13H2,1-2H3. The summed E-state index contributed by atoms with van der Waals surface area (Å²) in [6, 6.07) is 8.95. The Bertz CT molecular complexity index is 381. The van der Waals surface area contributed by atoms with Crippen LogP contribution in [0.4, 0.5) is 0 Å². The summed E-state index contributed by atoms with van der Waals surface area (Å²) in [4.78, 5) is 2.49. The van der Waals surface area contributed by atoms with E-state index in [1.165, 1.54) is 24.1 Å². The van der Waals surface area contributed by atoms with Crippen LogP contribution < -0.4 is 5.32 Å². The largest absolute Gasteiger partial charge is 0.375 e. The lowest BCUT2D eigenvalue weighted by atomic mass is 9.99. The second kappa shape index (κ2) is 7.63. The second-order valence-electron chi connectivity index (χ2n) is 5.15. The molecule has 1 N–H and O–H groups in total. The lowest BCUT2D eigenvalue weighted by Crippen LogP contribution is -2.37. The maximum absolute atomic E-state index is 5.66. The summed E-state index contributed by atoms with van der Waals surface area (Å²) >= 11 is 0. The zero-order chi connectivity index (χ0) is 13.5. The molecule has 1 unspecified atom stereocenters. The van der Waals surface area contributed by atoms with Gasteiger partial charge in [0.25, 0.3) is 0 Å². The average molecular weight is 262 g/mol. The first kappa shape index (κ1) is 14.5. The van der Waals surface area contributed by atoms with Crippen molar-refractivity contribution in [2.24, 2.45) is 0 Å². The molecule has 2 rings (SSSR count). The van der Waals surface area contributed by atoms with E-state index in [1.807, 2.05) is 0 Å². The molecular weight excluding hydrogens is 236 g/mol. The van der Waals surface area contributed by atoms with Crippen molar-refractivity contribution in [3.63, 3.8) is 0 Å². The molecule has 0 aliphatic carbocycles. The third-order valence-corrected chi connectivity index (χ3v) is 3.78. The number of fused-ring (bicyclic) bond motifs is 1. The van der Waals surface area contributed by atoms with Crippen LogP contribution in [-0.2, 0) is 11.3 Å². The Kier molecular flexibility index (Phi) is 5.83. The second-order valence-corrected chi connectivity index (χ2v) is 5.15. The highest BCUT2D eigenvalue weighted by molar-refractivity contribution is 5.30. The molecule has 1 aliphatic rings. The first-order valence-corrected chi connectivity index (χ1v) is 7.46. The van der Waals surface area contributed by atoms with Gasteiger partial charge in [-0.1, -0.05) is 38.1 Å². The van der Waals surface area contributed by atoms with Crippen LogP contribution in [0.1, 0.15) is 37.4 Å². The molecule has 1 heterocycles. The predicted octanol–water partition coefficient (Wildman–Crippen LogP) is 2.58. The monoisotopic (exact) mass is 262 g/mol. The first-order chi connectivity index (χ1) is 9.35. The van der Waals surface area contributed by atoms with E-state index >= 15 is 0 Å². The van der Waals surface area contributed by atoms with Gasteiger partial charge in [0.1, 0.15) is 0 Å². The van der Waals surface area contributed by atoms with Gasteiger partial charge in [-0.25, -0.2) is 0 Å². The Labute approximate surface area is 116 Å². The summed E-state index contributed by atoms with van der Waals surface area (Å²) in [5, 5.41) is 3.63. The highest BCUT2D eigenvalue weighted by Crippen LogP contribution is 2.23. The van der Waals surface area contributed by atoms with Gasteiger partial charge in [0, 0.05) is 13.1 Å². The van der Waals surface area contributed by atoms with Crippen molar-refractivity contribution >= 4 is 0 Å². The summed E-state index contributed by atoms with van der Waals surface area (Å²) in [5.41, 5.74) is 2.74. The van der Waals surface area contributed by atoms with Crippen LogP contribution in [0.5, 0.6) is 0 Å². The molecule has 1 aromatic carbocycles. The van der Waals surface area contributed by atoms with Gasteiger partial charge >= 0.3 is 0 Å². The molecule has 0 saturated heterocycles. The van der Waals surface area contributed by atoms with Gasteiger partial charge in [-0.15, -0.1) is 0 Å². The Morgan fingerprint density at radius 1 is 1.26 bits per heavy atom. The van der Waals surface area contributed by atoms with Crippen molar-refractivity contribution in [3.8, 4) is 0 Å². The van der Waals surface area contributed by atoms with Crippen molar-refractivity contribution in [2.75, 3.05) is 32.8 Å². The molecule has 3 heteroatoms. The highest BCUT2D eigenvalue weighted by atomic mass is 16.5. The van der Waals surface area contributed by atoms with Crippen molar-refractivity contribution in [2.45, 2.75) is 32.9 Å². The molecule has 1 atom stereocenters. The smallest absolute Gasteiger partial charge is 0.0721 e. The minimum Gasteiger partial charge on any atom is -0.375 e.